The van der Waals surface area contributed by atoms with Gasteiger partial charge in [0.05, 0.1) is 23.3 Å². The highest BCUT2D eigenvalue weighted by atomic mass is 32.1. The van der Waals surface area contributed by atoms with Gasteiger partial charge in [-0.1, -0.05) is 18.2 Å². The quantitative estimate of drug-likeness (QED) is 0.478. The number of rotatable bonds is 4. The molecule has 1 aliphatic heterocycles. The standard InChI is InChI=1S/C23H16FN5O2S/c24-17-6-1-2-7-18(17)28-23-29(26-12-16-5-3-4-10-25-16)20(14-32-23)15-8-9-21-19(11-15)27-22(30)13-31-21/h1-12,14H,13H2,(H,27,30). The molecular weight excluding hydrogens is 429 g/mol. The van der Waals surface area contributed by atoms with Gasteiger partial charge in [-0.15, -0.1) is 11.3 Å². The zero-order chi connectivity index (χ0) is 21.9. The van der Waals surface area contributed by atoms with Crippen molar-refractivity contribution >= 4 is 34.8 Å². The van der Waals surface area contributed by atoms with Gasteiger partial charge in [-0.25, -0.2) is 14.1 Å². The first-order valence-corrected chi connectivity index (χ1v) is 10.6. The van der Waals surface area contributed by atoms with Crippen molar-refractivity contribution in [2.24, 2.45) is 10.1 Å². The van der Waals surface area contributed by atoms with Crippen LogP contribution in [0.4, 0.5) is 15.8 Å². The van der Waals surface area contributed by atoms with Gasteiger partial charge in [-0.3, -0.25) is 9.78 Å². The second-order valence-electron chi connectivity index (χ2n) is 6.83. The lowest BCUT2D eigenvalue weighted by molar-refractivity contribution is -0.118. The molecule has 1 amide bonds. The Bertz CT molecular complexity index is 1400. The number of pyridine rings is 1. The zero-order valence-corrected chi connectivity index (χ0v) is 17.4. The van der Waals surface area contributed by atoms with E-state index in [0.29, 0.717) is 21.9 Å². The molecule has 3 heterocycles. The van der Waals surface area contributed by atoms with Gasteiger partial charge in [-0.2, -0.15) is 5.10 Å². The monoisotopic (exact) mass is 445 g/mol. The minimum atomic E-state index is -0.420. The molecule has 0 atom stereocenters. The maximum absolute atomic E-state index is 14.2. The fraction of sp³-hybridized carbons (Fsp3) is 0.0435. The van der Waals surface area contributed by atoms with Gasteiger partial charge < -0.3 is 10.1 Å². The van der Waals surface area contributed by atoms with Crippen molar-refractivity contribution in [3.63, 3.8) is 0 Å². The molecule has 0 spiro atoms. The Labute approximate surface area is 186 Å². The number of nitrogens with zero attached hydrogens (tertiary/aromatic N) is 4. The summed E-state index contributed by atoms with van der Waals surface area (Å²) in [7, 11) is 0. The number of fused-ring (bicyclic) bond motifs is 1. The molecule has 158 valence electrons. The average molecular weight is 445 g/mol. The Balaban J connectivity index is 1.64. The van der Waals surface area contributed by atoms with Crippen LogP contribution in [0, 0.1) is 5.82 Å². The summed E-state index contributed by atoms with van der Waals surface area (Å²) in [6.07, 6.45) is 3.29. The first-order chi connectivity index (χ1) is 15.7. The van der Waals surface area contributed by atoms with Crippen LogP contribution < -0.4 is 14.9 Å². The smallest absolute Gasteiger partial charge is 0.262 e. The van der Waals surface area contributed by atoms with Crippen LogP contribution in [0.25, 0.3) is 11.3 Å². The third-order valence-corrected chi connectivity index (χ3v) is 5.47. The van der Waals surface area contributed by atoms with E-state index < -0.39 is 5.82 Å². The average Bonchev–Trinajstić information content (AvgIpc) is 3.21. The molecule has 2 aromatic carbocycles. The zero-order valence-electron chi connectivity index (χ0n) is 16.6. The minimum absolute atomic E-state index is 0.00909. The lowest BCUT2D eigenvalue weighted by Crippen LogP contribution is -2.25. The van der Waals surface area contributed by atoms with E-state index in [0.717, 1.165) is 11.3 Å². The summed E-state index contributed by atoms with van der Waals surface area (Å²) < 4.78 is 21.3. The minimum Gasteiger partial charge on any atom is -0.482 e. The molecule has 7 nitrogen and oxygen atoms in total. The Morgan fingerprint density at radius 2 is 2.03 bits per heavy atom. The van der Waals surface area contributed by atoms with Crippen LogP contribution in [0.5, 0.6) is 5.75 Å². The van der Waals surface area contributed by atoms with E-state index in [2.05, 4.69) is 20.4 Å². The molecule has 9 heteroatoms. The van der Waals surface area contributed by atoms with E-state index in [-0.39, 0.29) is 18.2 Å². The van der Waals surface area contributed by atoms with Crippen LogP contribution in [0.15, 0.2) is 82.3 Å². The van der Waals surface area contributed by atoms with E-state index in [4.69, 9.17) is 4.74 Å². The highest BCUT2D eigenvalue weighted by Gasteiger charge is 2.18. The van der Waals surface area contributed by atoms with Gasteiger partial charge in [0.25, 0.3) is 5.91 Å². The summed E-state index contributed by atoms with van der Waals surface area (Å²) >= 11 is 1.32. The van der Waals surface area contributed by atoms with Crippen molar-refractivity contribution in [1.29, 1.82) is 0 Å². The van der Waals surface area contributed by atoms with Crippen molar-refractivity contribution in [3.05, 3.63) is 88.6 Å². The predicted octanol–water partition coefficient (Wildman–Crippen LogP) is 4.20. The SMILES string of the molecule is O=C1COc2ccc(-c3csc(=Nc4ccccc4F)n3N=Cc3ccccn3)cc2N1. The van der Waals surface area contributed by atoms with E-state index in [9.17, 15) is 9.18 Å². The Morgan fingerprint density at radius 3 is 2.88 bits per heavy atom. The van der Waals surface area contributed by atoms with Crippen molar-refractivity contribution in [2.45, 2.75) is 0 Å². The molecule has 1 aliphatic rings. The highest BCUT2D eigenvalue weighted by Crippen LogP contribution is 2.33. The summed E-state index contributed by atoms with van der Waals surface area (Å²) in [5, 5.41) is 9.26. The van der Waals surface area contributed by atoms with Crippen molar-refractivity contribution < 1.29 is 13.9 Å². The Morgan fingerprint density at radius 1 is 1.16 bits per heavy atom. The normalized spacial score (nSPS) is 13.7. The number of benzene rings is 2. The Hall–Kier alpha value is -4.11. The highest BCUT2D eigenvalue weighted by molar-refractivity contribution is 7.07. The van der Waals surface area contributed by atoms with Crippen LogP contribution in [-0.4, -0.2) is 28.4 Å². The number of carbonyl (C=O) groups is 1. The number of para-hydroxylation sites is 1. The fourth-order valence-electron chi connectivity index (χ4n) is 3.14. The summed E-state index contributed by atoms with van der Waals surface area (Å²) in [6.45, 7) is -0.00909. The molecule has 4 aromatic rings. The summed E-state index contributed by atoms with van der Waals surface area (Å²) in [5.41, 5.74) is 2.98. The van der Waals surface area contributed by atoms with Gasteiger partial charge in [0, 0.05) is 17.1 Å². The molecule has 5 rings (SSSR count). The summed E-state index contributed by atoms with van der Waals surface area (Å²) in [6, 6.07) is 17.3. The number of aromatic nitrogens is 2. The van der Waals surface area contributed by atoms with Crippen LogP contribution in [0.3, 0.4) is 0 Å². The molecule has 0 bridgehead atoms. The molecule has 0 unspecified atom stereocenters. The molecule has 0 radical (unpaired) electrons. The van der Waals surface area contributed by atoms with Crippen molar-refractivity contribution in [1.82, 2.24) is 9.66 Å². The van der Waals surface area contributed by atoms with Crippen molar-refractivity contribution in [3.8, 4) is 17.0 Å². The first-order valence-electron chi connectivity index (χ1n) is 9.70. The Kier molecular flexibility index (Phi) is 5.30. The summed E-state index contributed by atoms with van der Waals surface area (Å²) in [4.78, 5) is 20.9. The lowest BCUT2D eigenvalue weighted by atomic mass is 10.1. The number of hydrogen-bond acceptors (Lipinski definition) is 6. The third kappa shape index (κ3) is 4.06. The van der Waals surface area contributed by atoms with Gasteiger partial charge >= 0.3 is 0 Å². The van der Waals surface area contributed by atoms with E-state index in [1.54, 1.807) is 41.4 Å². The van der Waals surface area contributed by atoms with Crippen LogP contribution in [0.2, 0.25) is 0 Å². The molecule has 0 saturated heterocycles. The second kappa shape index (κ2) is 8.56. The molecular formula is C23H16FN5O2S. The van der Waals surface area contributed by atoms with Crippen molar-refractivity contribution in [2.75, 3.05) is 11.9 Å². The van der Waals surface area contributed by atoms with Crippen LogP contribution in [-0.2, 0) is 4.79 Å². The third-order valence-electron chi connectivity index (χ3n) is 4.66. The second-order valence-corrected chi connectivity index (χ2v) is 7.66. The maximum atomic E-state index is 14.2. The number of amides is 1. The fourth-order valence-corrected chi connectivity index (χ4v) is 3.99. The molecule has 0 saturated carbocycles. The largest absolute Gasteiger partial charge is 0.482 e. The topological polar surface area (TPSA) is 80.9 Å². The number of ether oxygens (including phenoxy) is 1. The molecule has 0 aliphatic carbocycles. The van der Waals surface area contributed by atoms with Crippen LogP contribution in [0.1, 0.15) is 5.69 Å². The van der Waals surface area contributed by atoms with Crippen LogP contribution >= 0.6 is 11.3 Å². The van der Waals surface area contributed by atoms with Gasteiger partial charge in [0.15, 0.2) is 6.61 Å². The maximum Gasteiger partial charge on any atom is 0.262 e. The number of carbonyl (C=O) groups excluding carboxylic acids is 1. The number of halogens is 1. The van der Waals surface area contributed by atoms with E-state index in [1.165, 1.54) is 17.4 Å². The van der Waals surface area contributed by atoms with Gasteiger partial charge in [0.1, 0.15) is 17.3 Å². The number of hydrogen-bond donors (Lipinski definition) is 1. The number of anilines is 1. The molecule has 1 N–H and O–H groups in total. The molecule has 2 aromatic heterocycles. The number of nitrogens with one attached hydrogen (secondary N) is 1. The van der Waals surface area contributed by atoms with Gasteiger partial charge in [0.2, 0.25) is 4.80 Å². The van der Waals surface area contributed by atoms with E-state index >= 15 is 0 Å². The predicted molar refractivity (Wildman–Crippen MR) is 121 cm³/mol. The number of thiazole rings is 1. The first kappa shape index (κ1) is 19.8. The summed E-state index contributed by atoms with van der Waals surface area (Å²) in [5.74, 6) is -0.0315. The van der Waals surface area contributed by atoms with Gasteiger partial charge in [-0.05, 0) is 42.5 Å². The van der Waals surface area contributed by atoms with E-state index in [1.807, 2.05) is 35.7 Å². The molecule has 32 heavy (non-hydrogen) atoms. The molecule has 0 fully saturated rings. The lowest BCUT2D eigenvalue weighted by Gasteiger charge is -2.18.